The molecule has 34 heavy (non-hydrogen) atoms. The number of aromatic nitrogens is 1. The predicted molar refractivity (Wildman–Crippen MR) is 126 cm³/mol. The second-order valence-corrected chi connectivity index (χ2v) is 7.67. The number of hydrogen-bond donors (Lipinski definition) is 1. The summed E-state index contributed by atoms with van der Waals surface area (Å²) in [6.45, 7) is 1.88. The number of methoxy groups -OCH3 is 2. The number of aryl methyl sites for hydroxylation is 1. The molecule has 0 fully saturated rings. The van der Waals surface area contributed by atoms with Crippen LogP contribution >= 0.6 is 0 Å². The third kappa shape index (κ3) is 3.53. The maximum atomic E-state index is 13.2. The van der Waals surface area contributed by atoms with Crippen LogP contribution in [-0.4, -0.2) is 31.1 Å². The Hall–Kier alpha value is -4.64. The topological polar surface area (TPSA) is 119 Å². The Bertz CT molecular complexity index is 1400. The Balaban J connectivity index is 2.15. The van der Waals surface area contributed by atoms with Crippen LogP contribution in [0.15, 0.2) is 83.6 Å². The molecular weight excluding hydrogens is 432 g/mol. The summed E-state index contributed by atoms with van der Waals surface area (Å²) in [5.74, 6) is -2.45. The Morgan fingerprint density at radius 3 is 2.38 bits per heavy atom. The molecule has 1 unspecified atom stereocenters. The normalized spacial score (nSPS) is 15.8. The average Bonchev–Trinajstić information content (AvgIpc) is 2.87. The zero-order valence-corrected chi connectivity index (χ0v) is 18.9. The lowest BCUT2D eigenvalue weighted by atomic mass is 9.80. The fourth-order valence-electron chi connectivity index (χ4n) is 4.34. The van der Waals surface area contributed by atoms with Gasteiger partial charge in [-0.25, -0.2) is 9.59 Å². The van der Waals surface area contributed by atoms with E-state index in [-0.39, 0.29) is 22.7 Å². The number of nitrogens with two attached hydrogens (primary N) is 1. The van der Waals surface area contributed by atoms with E-state index < -0.39 is 17.9 Å². The first-order valence-electron chi connectivity index (χ1n) is 10.4. The number of pyridine rings is 1. The number of allylic oxidation sites excluding steroid dienone is 1. The maximum absolute atomic E-state index is 13.2. The molecule has 1 atom stereocenters. The fourth-order valence-corrected chi connectivity index (χ4v) is 4.34. The van der Waals surface area contributed by atoms with E-state index in [4.69, 9.17) is 15.2 Å². The van der Waals surface area contributed by atoms with Gasteiger partial charge >= 0.3 is 11.9 Å². The number of benzene rings is 2. The minimum atomic E-state index is -0.915. The second-order valence-electron chi connectivity index (χ2n) is 7.67. The van der Waals surface area contributed by atoms with Crippen LogP contribution in [0, 0.1) is 18.3 Å². The highest BCUT2D eigenvalue weighted by molar-refractivity contribution is 6.09. The number of carbonyl (C=O) groups is 2. The first-order valence-corrected chi connectivity index (χ1v) is 10.4. The molecule has 1 aliphatic heterocycles. The molecule has 2 aromatic carbocycles. The highest BCUT2D eigenvalue weighted by atomic mass is 16.5. The average molecular weight is 454 g/mol. The lowest BCUT2D eigenvalue weighted by molar-refractivity contribution is -0.139. The van der Waals surface area contributed by atoms with Crippen LogP contribution in [0.2, 0.25) is 0 Å². The van der Waals surface area contributed by atoms with Gasteiger partial charge in [-0.2, -0.15) is 5.26 Å². The standard InChI is InChI=1S/C26H22N4O4/c1-15-13-29-14-17-10-7-11-19(20(15)17)30-23(26(32)34-3)22(25(31)33-2)21(18(12-27)24(30)28)16-8-5-4-6-9-16/h4-11,13-14,21H,28H2,1-3H3. The predicted octanol–water partition coefficient (Wildman–Crippen LogP) is 3.44. The number of hydrogen-bond acceptors (Lipinski definition) is 8. The van der Waals surface area contributed by atoms with Gasteiger partial charge in [0, 0.05) is 23.2 Å². The minimum absolute atomic E-state index is 0.0214. The van der Waals surface area contributed by atoms with Crippen LogP contribution in [0.4, 0.5) is 5.69 Å². The first-order chi connectivity index (χ1) is 16.4. The molecule has 3 aromatic rings. The van der Waals surface area contributed by atoms with Gasteiger partial charge in [0.2, 0.25) is 0 Å². The van der Waals surface area contributed by atoms with E-state index in [1.807, 2.05) is 19.1 Å². The monoisotopic (exact) mass is 454 g/mol. The van der Waals surface area contributed by atoms with Crippen LogP contribution in [0.3, 0.4) is 0 Å². The van der Waals surface area contributed by atoms with Gasteiger partial charge < -0.3 is 15.2 Å². The van der Waals surface area contributed by atoms with Gasteiger partial charge in [0.05, 0.1) is 43.0 Å². The Kier molecular flexibility index (Phi) is 6.02. The third-order valence-corrected chi connectivity index (χ3v) is 5.80. The van der Waals surface area contributed by atoms with Crippen molar-refractivity contribution in [3.05, 3.63) is 94.7 Å². The van der Waals surface area contributed by atoms with E-state index in [1.54, 1.807) is 48.8 Å². The number of esters is 2. The summed E-state index contributed by atoms with van der Waals surface area (Å²) in [7, 11) is 2.44. The molecule has 170 valence electrons. The van der Waals surface area contributed by atoms with Crippen molar-refractivity contribution < 1.29 is 19.1 Å². The molecule has 1 aliphatic rings. The highest BCUT2D eigenvalue weighted by Gasteiger charge is 2.43. The molecule has 0 bridgehead atoms. The van der Waals surface area contributed by atoms with E-state index in [0.29, 0.717) is 11.3 Å². The number of ether oxygens (including phenoxy) is 2. The van der Waals surface area contributed by atoms with E-state index in [1.165, 1.54) is 19.1 Å². The molecule has 2 heterocycles. The molecule has 8 heteroatoms. The van der Waals surface area contributed by atoms with Gasteiger partial charge in [0.25, 0.3) is 0 Å². The molecule has 0 saturated carbocycles. The maximum Gasteiger partial charge on any atom is 0.355 e. The molecule has 0 radical (unpaired) electrons. The van der Waals surface area contributed by atoms with Crippen molar-refractivity contribution >= 4 is 28.4 Å². The van der Waals surface area contributed by atoms with Crippen molar-refractivity contribution in [2.24, 2.45) is 5.73 Å². The van der Waals surface area contributed by atoms with Crippen LogP contribution in [-0.2, 0) is 19.1 Å². The number of nitriles is 1. The number of nitrogens with zero attached hydrogens (tertiary/aromatic N) is 3. The summed E-state index contributed by atoms with van der Waals surface area (Å²) >= 11 is 0. The lowest BCUT2D eigenvalue weighted by Crippen LogP contribution is -2.40. The fraction of sp³-hybridized carbons (Fsp3) is 0.154. The van der Waals surface area contributed by atoms with E-state index in [2.05, 4.69) is 11.1 Å². The van der Waals surface area contributed by atoms with Gasteiger partial charge in [-0.05, 0) is 24.1 Å². The van der Waals surface area contributed by atoms with Crippen molar-refractivity contribution in [3.8, 4) is 6.07 Å². The van der Waals surface area contributed by atoms with E-state index in [9.17, 15) is 14.9 Å². The van der Waals surface area contributed by atoms with Gasteiger partial charge in [0.15, 0.2) is 0 Å². The van der Waals surface area contributed by atoms with Crippen molar-refractivity contribution in [1.82, 2.24) is 4.98 Å². The van der Waals surface area contributed by atoms with E-state index >= 15 is 0 Å². The largest absolute Gasteiger partial charge is 0.466 e. The molecule has 2 N–H and O–H groups in total. The third-order valence-electron chi connectivity index (χ3n) is 5.80. The van der Waals surface area contributed by atoms with Crippen molar-refractivity contribution in [1.29, 1.82) is 5.26 Å². The smallest absolute Gasteiger partial charge is 0.355 e. The zero-order chi connectivity index (χ0) is 24.4. The molecule has 4 rings (SSSR count). The van der Waals surface area contributed by atoms with E-state index in [0.717, 1.165) is 16.3 Å². The number of fused-ring (bicyclic) bond motifs is 1. The summed E-state index contributed by atoms with van der Waals surface area (Å²) in [4.78, 5) is 32.0. The Morgan fingerprint density at radius 2 is 1.74 bits per heavy atom. The SMILES string of the molecule is COC(=O)C1=C(C(=O)OC)N(c2cccc3cncc(C)c23)C(N)=C(C#N)C1c1ccccc1. The molecule has 8 nitrogen and oxygen atoms in total. The van der Waals surface area contributed by atoms with Crippen LogP contribution < -0.4 is 10.6 Å². The molecule has 1 aromatic heterocycles. The van der Waals surface area contributed by atoms with Crippen LogP contribution in [0.5, 0.6) is 0 Å². The van der Waals surface area contributed by atoms with Gasteiger partial charge in [-0.3, -0.25) is 9.88 Å². The van der Waals surface area contributed by atoms with Crippen LogP contribution in [0.25, 0.3) is 10.8 Å². The van der Waals surface area contributed by atoms with Gasteiger partial charge in [-0.15, -0.1) is 0 Å². The summed E-state index contributed by atoms with van der Waals surface area (Å²) in [6, 6.07) is 16.5. The molecular formula is C26H22N4O4. The quantitative estimate of drug-likeness (QED) is 0.596. The highest BCUT2D eigenvalue weighted by Crippen LogP contribution is 2.44. The summed E-state index contributed by atoms with van der Waals surface area (Å²) in [5, 5.41) is 11.7. The molecule has 0 amide bonds. The van der Waals surface area contributed by atoms with Crippen molar-refractivity contribution in [2.45, 2.75) is 12.8 Å². The summed E-state index contributed by atoms with van der Waals surface area (Å²) in [5.41, 5.74) is 8.52. The van der Waals surface area contributed by atoms with Gasteiger partial charge in [0.1, 0.15) is 11.5 Å². The Morgan fingerprint density at radius 1 is 1.03 bits per heavy atom. The number of rotatable bonds is 4. The molecule has 0 saturated heterocycles. The molecule has 0 spiro atoms. The molecule has 0 aliphatic carbocycles. The Labute approximate surface area is 196 Å². The van der Waals surface area contributed by atoms with Crippen molar-refractivity contribution in [2.75, 3.05) is 19.1 Å². The van der Waals surface area contributed by atoms with Crippen LogP contribution in [0.1, 0.15) is 17.0 Å². The second kappa shape index (κ2) is 9.08. The number of carbonyl (C=O) groups excluding carboxylic acids is 2. The van der Waals surface area contributed by atoms with Gasteiger partial charge in [-0.1, -0.05) is 42.5 Å². The lowest BCUT2D eigenvalue weighted by Gasteiger charge is -2.36. The summed E-state index contributed by atoms with van der Waals surface area (Å²) < 4.78 is 10.2. The van der Waals surface area contributed by atoms with Crippen molar-refractivity contribution in [3.63, 3.8) is 0 Å². The zero-order valence-electron chi connectivity index (χ0n) is 18.9. The first kappa shape index (κ1) is 22.6. The number of anilines is 1. The summed E-state index contributed by atoms with van der Waals surface area (Å²) in [6.07, 6.45) is 3.38. The minimum Gasteiger partial charge on any atom is -0.466 e.